The maximum absolute atomic E-state index is 14.1. The Morgan fingerprint density at radius 2 is 0.594 bits per heavy atom. The second-order valence-electron chi connectivity index (χ2n) is 22.7. The van der Waals surface area contributed by atoms with Crippen molar-refractivity contribution in [1.82, 2.24) is 60.5 Å². The van der Waals surface area contributed by atoms with Gasteiger partial charge in [0.05, 0.1) is 37.6 Å². The van der Waals surface area contributed by atoms with E-state index in [4.69, 9.17) is 0 Å². The van der Waals surface area contributed by atoms with Gasteiger partial charge in [0.25, 0.3) is 11.8 Å². The highest BCUT2D eigenvalue weighted by atomic mass is 33.1. The van der Waals surface area contributed by atoms with Crippen LogP contribution in [0.25, 0.3) is 0 Å². The Balaban J connectivity index is 0. The zero-order chi connectivity index (χ0) is 72.6. The molecule has 0 aromatic carbocycles. The van der Waals surface area contributed by atoms with E-state index in [9.17, 15) is 76.7 Å². The number of nitrogens with one attached hydrogen (secondary N) is 4. The predicted molar refractivity (Wildman–Crippen MR) is 397 cm³/mol. The largest absolute Gasteiger partial charge is 0.347 e. The SMILES string of the molecule is C=C1C(=O)SC[C@@H](C)C(=O)NCC(=O)N(C)[C@H]2CSSC[C@@H](C(=O)N1C)N(C)C(=O)CNC(=O)[C@H](C)CSC(=O)C(=C)N(C)C2=O.CSC[C@H]1C(=O)SC[C@@H](C)C(=O)NCC(=O)N(C)[C@H]2CSSC[C@@H](C(=O)N1C)N(C)C(=O)CNC(=O)[C@H](C)CSC(=O)[C@H](CSC)N(C)C2=O.[2HH].[2HH].[2HH].[2HH]. The molecule has 0 aliphatic carbocycles. The lowest BCUT2D eigenvalue weighted by atomic mass is 10.2. The minimum atomic E-state index is -1.11. The summed E-state index contributed by atoms with van der Waals surface area (Å²) in [7, 11) is 16.2. The number of fused-ring (bicyclic) bond motifs is 10. The molecule has 96 heavy (non-hydrogen) atoms. The van der Waals surface area contributed by atoms with Crippen molar-refractivity contribution in [2.24, 2.45) is 23.7 Å². The molecule has 4 rings (SSSR count). The van der Waals surface area contributed by atoms with E-state index in [1.54, 1.807) is 40.2 Å². The van der Waals surface area contributed by atoms with Crippen molar-refractivity contribution in [3.05, 3.63) is 24.6 Å². The number of amides is 12. The average Bonchev–Trinajstić information content (AvgIpc) is 0.843. The van der Waals surface area contributed by atoms with Crippen LogP contribution in [0.4, 0.5) is 0 Å². The normalized spacial score (nSPS) is 28.0. The van der Waals surface area contributed by atoms with Crippen LogP contribution in [0, 0.1) is 23.7 Å². The summed E-state index contributed by atoms with van der Waals surface area (Å²) in [6.45, 7) is 12.3. The number of hydrogen-bond donors (Lipinski definition) is 4. The van der Waals surface area contributed by atoms with E-state index in [0.717, 1.165) is 78.4 Å². The summed E-state index contributed by atoms with van der Waals surface area (Å²) in [5, 5.41) is 8.57. The third-order valence-electron chi connectivity index (χ3n) is 15.7. The van der Waals surface area contributed by atoms with Crippen molar-refractivity contribution >= 4 is 205 Å². The van der Waals surface area contributed by atoms with E-state index in [2.05, 4.69) is 34.4 Å². The van der Waals surface area contributed by atoms with E-state index in [1.807, 2.05) is 0 Å². The van der Waals surface area contributed by atoms with Crippen LogP contribution in [0.3, 0.4) is 0 Å². The lowest BCUT2D eigenvalue weighted by molar-refractivity contribution is -0.145. The fourth-order valence-corrected chi connectivity index (χ4v) is 19.0. The second-order valence-corrected chi connectivity index (χ2v) is 33.6. The molecule has 38 heteroatoms. The first-order valence-electron chi connectivity index (χ1n) is 29.8. The Bertz CT molecular complexity index is 2790. The number of hydrogen-bond acceptors (Lipinski definition) is 26. The van der Waals surface area contributed by atoms with Crippen molar-refractivity contribution in [3.8, 4) is 0 Å². The fourth-order valence-electron chi connectivity index (χ4n) is 8.62. The summed E-state index contributed by atoms with van der Waals surface area (Å²) in [5.41, 5.74) is -0.303. The van der Waals surface area contributed by atoms with Gasteiger partial charge in [0.15, 0.2) is 0 Å². The lowest BCUT2D eigenvalue weighted by Gasteiger charge is -2.35. The maximum Gasteiger partial charge on any atom is 0.250 e. The minimum absolute atomic E-state index is 0. The summed E-state index contributed by atoms with van der Waals surface area (Å²) < 4.78 is 0. The highest BCUT2D eigenvalue weighted by Gasteiger charge is 2.40. The molecule has 4 aliphatic heterocycles. The highest BCUT2D eigenvalue weighted by Crippen LogP contribution is 2.31. The van der Waals surface area contributed by atoms with Gasteiger partial charge in [0, 0.05) is 143 Å². The molecule has 28 nitrogen and oxygen atoms in total. The molecule has 4 saturated heterocycles. The number of carbonyl (C=O) groups excluding carboxylic acids is 16. The van der Waals surface area contributed by atoms with Gasteiger partial charge in [-0.3, -0.25) is 76.7 Å². The molecule has 4 aliphatic rings. The Hall–Kier alpha value is -4.70. The summed E-state index contributed by atoms with van der Waals surface area (Å²) >= 11 is 6.15. The lowest BCUT2D eigenvalue weighted by Crippen LogP contribution is -2.56. The topological polar surface area (TPSA) is 347 Å². The summed E-state index contributed by atoms with van der Waals surface area (Å²) in [5.74, 6) is -8.05. The van der Waals surface area contributed by atoms with Gasteiger partial charge in [-0.05, 0) is 12.5 Å². The van der Waals surface area contributed by atoms with Crippen molar-refractivity contribution in [2.45, 2.75) is 63.9 Å². The molecule has 0 aromatic heterocycles. The van der Waals surface area contributed by atoms with Crippen molar-refractivity contribution in [1.29, 1.82) is 0 Å². The standard InChI is InChI=1S/C30H48N6O8S6.C28H40N6O8S4.4H2/c1-17-11-47-29(43)21(13-45-7)35(5)27(41)20-16-50-49-15-19(33(3)23(37)9-31-25(17)39)28(42)36(6)22(14-46-8)30(44)48-12-18(2)26(40)32-10-24(38)34(20)4;1-15-11-43-27(41)17(3)31(5)25(39)20-14-46-45-13-19(33(7)21(35)9-29-23(15)37)26(40)32(6)18(4)28(42)44-12-16(2)24(38)30-10-22(36)34(20)8;;;;/h17-22H,9-16H2,1-8H3,(H,31,39)(H,32,40);15-16,19-20H,3-4,9-14H2,1-2,5-8H3,(H,29,37)(H,30,38);4*1H/t17-,18-,19+,20+,21+,22+;15-,16-,19+,20+;;;;/m11..../s1/i;;4*1+1. The summed E-state index contributed by atoms with van der Waals surface area (Å²) in [4.78, 5) is 222. The molecule has 0 radical (unpaired) electrons. The van der Waals surface area contributed by atoms with Crippen LogP contribution in [0.5, 0.6) is 0 Å². The van der Waals surface area contributed by atoms with Crippen LogP contribution in [0.2, 0.25) is 0 Å². The highest BCUT2D eigenvalue weighted by molar-refractivity contribution is 8.77. The van der Waals surface area contributed by atoms with Crippen molar-refractivity contribution in [3.63, 3.8) is 0 Å². The van der Waals surface area contributed by atoms with E-state index in [1.165, 1.54) is 131 Å². The van der Waals surface area contributed by atoms with Gasteiger partial charge < -0.3 is 60.5 Å². The molecule has 12 amide bonds. The van der Waals surface area contributed by atoms with Gasteiger partial charge in [-0.15, -0.1) is 0 Å². The summed E-state index contributed by atoms with van der Waals surface area (Å²) in [6.07, 6.45) is 3.61. The number of rotatable bonds is 4. The molecular formula is C58H96N12O16S10. The molecule has 0 spiro atoms. The van der Waals surface area contributed by atoms with Crippen LogP contribution in [0.1, 0.15) is 33.4 Å². The van der Waals surface area contributed by atoms with E-state index in [0.29, 0.717) is 0 Å². The van der Waals surface area contributed by atoms with Gasteiger partial charge in [-0.25, -0.2) is 0 Å². The van der Waals surface area contributed by atoms with Crippen molar-refractivity contribution < 1.29 is 82.4 Å². The molecule has 4 N–H and O–H groups in total. The molecule has 4 heterocycles. The third-order valence-corrected chi connectivity index (χ3v) is 26.6. The Morgan fingerprint density at radius 3 is 0.833 bits per heavy atom. The monoisotopic (exact) mass is 1540 g/mol. The summed E-state index contributed by atoms with van der Waals surface area (Å²) in [6, 6.07) is -6.00. The van der Waals surface area contributed by atoms with E-state index >= 15 is 0 Å². The second kappa shape index (κ2) is 41.8. The maximum atomic E-state index is 14.1. The molecule has 0 unspecified atom stereocenters. The molecule has 10 atom stereocenters. The Morgan fingerprint density at radius 1 is 0.365 bits per heavy atom. The number of carbonyl (C=O) groups is 16. The van der Waals surface area contributed by atoms with Gasteiger partial charge in [-0.2, -0.15) is 23.5 Å². The van der Waals surface area contributed by atoms with Crippen LogP contribution in [-0.2, 0) is 76.7 Å². The van der Waals surface area contributed by atoms with E-state index in [-0.39, 0.29) is 97.9 Å². The van der Waals surface area contributed by atoms with Gasteiger partial charge in [0.2, 0.25) is 79.5 Å². The smallest absolute Gasteiger partial charge is 0.250 e. The minimum Gasteiger partial charge on any atom is -0.347 e. The average molecular weight is 1540 g/mol. The van der Waals surface area contributed by atoms with Gasteiger partial charge in [-0.1, -0.05) is 131 Å². The van der Waals surface area contributed by atoms with Crippen LogP contribution in [-0.4, -0.2) is 319 Å². The van der Waals surface area contributed by atoms with Gasteiger partial charge in [0.1, 0.15) is 36.3 Å². The zero-order valence-corrected chi connectivity index (χ0v) is 64.4. The first kappa shape index (κ1) is 85.5. The molecule has 0 saturated carbocycles. The molecule has 4 bridgehead atoms. The van der Waals surface area contributed by atoms with E-state index < -0.39 is 154 Å². The first-order valence-corrected chi connectivity index (χ1v) is 41.5. The van der Waals surface area contributed by atoms with Crippen molar-refractivity contribution in [2.75, 3.05) is 153 Å². The van der Waals surface area contributed by atoms with Crippen LogP contribution < -0.4 is 21.3 Å². The molecular weight excluding hydrogens is 1440 g/mol. The quantitative estimate of drug-likeness (QED) is 0.229. The Kier molecular flexibility index (Phi) is 37.2. The van der Waals surface area contributed by atoms with Crippen LogP contribution in [0.15, 0.2) is 24.6 Å². The number of likely N-dealkylation sites (N-methyl/N-ethyl adjacent to an activating group) is 8. The molecule has 544 valence electrons. The molecule has 4 fully saturated rings. The van der Waals surface area contributed by atoms with Crippen LogP contribution >= 0.6 is 114 Å². The number of thioether (sulfide) groups is 6. The van der Waals surface area contributed by atoms with Gasteiger partial charge >= 0.3 is 0 Å². The number of nitrogens with zero attached hydrogens (tertiary/aromatic N) is 8. The Labute approximate surface area is 608 Å². The fraction of sp³-hybridized carbons (Fsp3) is 0.655. The first-order chi connectivity index (χ1) is 45.0. The zero-order valence-electron chi connectivity index (χ0n) is 56.3. The molecule has 0 aromatic rings. The third kappa shape index (κ3) is 24.9. The predicted octanol–water partition coefficient (Wildman–Crippen LogP) is 1.45.